The molecule has 2 atom stereocenters. The summed E-state index contributed by atoms with van der Waals surface area (Å²) in [7, 11) is 0. The van der Waals surface area contributed by atoms with Crippen molar-refractivity contribution < 1.29 is 24.5 Å². The highest BCUT2D eigenvalue weighted by atomic mass is 16.5. The van der Waals surface area contributed by atoms with Gasteiger partial charge in [-0.2, -0.15) is 0 Å². The van der Waals surface area contributed by atoms with Gasteiger partial charge in [0, 0.05) is 12.8 Å². The lowest BCUT2D eigenvalue weighted by Crippen LogP contribution is -2.45. The first-order valence-corrected chi connectivity index (χ1v) is 39.8. The lowest BCUT2D eigenvalue weighted by Gasteiger charge is -2.20. The first-order valence-electron chi connectivity index (χ1n) is 39.8. The highest BCUT2D eigenvalue weighted by Crippen LogP contribution is 2.20. The summed E-state index contributed by atoms with van der Waals surface area (Å²) >= 11 is 0. The Bertz CT molecular complexity index is 1410. The molecule has 87 heavy (non-hydrogen) atoms. The number of esters is 1. The van der Waals surface area contributed by atoms with Crippen LogP contribution in [0.4, 0.5) is 0 Å². The van der Waals surface area contributed by atoms with Crippen LogP contribution in [-0.2, 0) is 14.3 Å². The minimum atomic E-state index is -0.843. The van der Waals surface area contributed by atoms with Gasteiger partial charge in [0.2, 0.25) is 5.91 Å². The average molecular weight is 1220 g/mol. The van der Waals surface area contributed by atoms with Crippen LogP contribution in [0.3, 0.4) is 0 Å². The van der Waals surface area contributed by atoms with Gasteiger partial charge in [-0.1, -0.05) is 410 Å². The first-order chi connectivity index (χ1) is 43.0. The lowest BCUT2D eigenvalue weighted by molar-refractivity contribution is -0.143. The maximum absolute atomic E-state index is 12.6. The number of aliphatic hydroxyl groups is 2. The van der Waals surface area contributed by atoms with E-state index in [9.17, 15) is 19.8 Å². The van der Waals surface area contributed by atoms with Gasteiger partial charge in [-0.15, -0.1) is 0 Å². The van der Waals surface area contributed by atoms with Gasteiger partial charge < -0.3 is 20.3 Å². The maximum Gasteiger partial charge on any atom is 0.305 e. The van der Waals surface area contributed by atoms with E-state index < -0.39 is 12.1 Å². The third kappa shape index (κ3) is 73.0. The molecule has 0 bridgehead atoms. The summed E-state index contributed by atoms with van der Waals surface area (Å²) in [5, 5.41) is 23.3. The molecule has 3 N–H and O–H groups in total. The van der Waals surface area contributed by atoms with Gasteiger partial charge in [0.25, 0.3) is 0 Å². The number of unbranched alkanes of at least 4 members (excludes halogenated alkanes) is 60. The second-order valence-electron chi connectivity index (χ2n) is 27.4. The zero-order chi connectivity index (χ0) is 62.8. The number of carbonyl (C=O) groups excluding carboxylic acids is 2. The second-order valence-corrected chi connectivity index (χ2v) is 27.4. The predicted octanol–water partition coefficient (Wildman–Crippen LogP) is 26.2. The van der Waals surface area contributed by atoms with Gasteiger partial charge in [0.1, 0.15) is 0 Å². The molecule has 0 heterocycles. The molecule has 2 unspecified atom stereocenters. The van der Waals surface area contributed by atoms with Crippen molar-refractivity contribution in [3.05, 3.63) is 36.5 Å². The van der Waals surface area contributed by atoms with Crippen molar-refractivity contribution >= 4 is 11.9 Å². The van der Waals surface area contributed by atoms with Gasteiger partial charge >= 0.3 is 5.97 Å². The van der Waals surface area contributed by atoms with Crippen molar-refractivity contribution in [2.45, 2.75) is 456 Å². The summed E-state index contributed by atoms with van der Waals surface area (Å²) in [5.41, 5.74) is 0. The zero-order valence-corrected chi connectivity index (χ0v) is 59.0. The summed E-state index contributed by atoms with van der Waals surface area (Å²) in [4.78, 5) is 24.6. The molecule has 0 aromatic rings. The van der Waals surface area contributed by atoms with Gasteiger partial charge in [-0.05, 0) is 57.8 Å². The Hall–Kier alpha value is -1.92. The van der Waals surface area contributed by atoms with E-state index >= 15 is 0 Å². The van der Waals surface area contributed by atoms with Gasteiger partial charge in [0.15, 0.2) is 0 Å². The fourth-order valence-corrected chi connectivity index (χ4v) is 12.6. The Morgan fingerprint density at radius 1 is 0.322 bits per heavy atom. The predicted molar refractivity (Wildman–Crippen MR) is 384 cm³/mol. The third-order valence-corrected chi connectivity index (χ3v) is 18.7. The van der Waals surface area contributed by atoms with E-state index in [0.29, 0.717) is 19.4 Å². The van der Waals surface area contributed by atoms with E-state index in [0.717, 1.165) is 51.4 Å². The van der Waals surface area contributed by atoms with Crippen molar-refractivity contribution in [2.24, 2.45) is 0 Å². The molecule has 0 saturated carbocycles. The molecule has 0 saturated heterocycles. The number of amides is 1. The number of allylic oxidation sites excluding steroid dienone is 5. The van der Waals surface area contributed by atoms with Crippen LogP contribution in [0.1, 0.15) is 444 Å². The minimum Gasteiger partial charge on any atom is -0.466 e. The van der Waals surface area contributed by atoms with E-state index in [2.05, 4.69) is 43.5 Å². The zero-order valence-electron chi connectivity index (χ0n) is 59.0. The number of rotatable bonds is 75. The van der Waals surface area contributed by atoms with Crippen molar-refractivity contribution in [1.82, 2.24) is 5.32 Å². The Kier molecular flexibility index (Phi) is 74.8. The molecular formula is C81H155NO5. The second kappa shape index (κ2) is 76.5. The Labute approximate surface area is 544 Å². The van der Waals surface area contributed by atoms with Crippen LogP contribution in [-0.4, -0.2) is 47.4 Å². The van der Waals surface area contributed by atoms with Crippen molar-refractivity contribution in [2.75, 3.05) is 13.2 Å². The topological polar surface area (TPSA) is 95.9 Å². The normalized spacial score (nSPS) is 12.6. The van der Waals surface area contributed by atoms with Crippen LogP contribution in [0.2, 0.25) is 0 Å². The molecule has 0 aliphatic rings. The van der Waals surface area contributed by atoms with Gasteiger partial charge in [-0.3, -0.25) is 9.59 Å². The third-order valence-electron chi connectivity index (χ3n) is 18.7. The summed E-state index contributed by atoms with van der Waals surface area (Å²) in [6.07, 6.45) is 99.8. The van der Waals surface area contributed by atoms with Gasteiger partial charge in [0.05, 0.1) is 25.4 Å². The molecule has 0 spiro atoms. The number of hydrogen-bond donors (Lipinski definition) is 3. The number of aliphatic hydroxyl groups excluding tert-OH is 2. The highest BCUT2D eigenvalue weighted by molar-refractivity contribution is 5.76. The van der Waals surface area contributed by atoms with Crippen LogP contribution in [0.25, 0.3) is 0 Å². The lowest BCUT2D eigenvalue weighted by atomic mass is 10.0. The summed E-state index contributed by atoms with van der Waals surface area (Å²) in [5.74, 6) is -0.0523. The van der Waals surface area contributed by atoms with Crippen LogP contribution < -0.4 is 5.32 Å². The first kappa shape index (κ1) is 85.1. The highest BCUT2D eigenvalue weighted by Gasteiger charge is 2.18. The Balaban J connectivity index is 3.36. The SMILES string of the molecule is CCCC/C=C\C/C=C\CCCCCCCC(=O)OCCCCCCCCCCCCCCCCCCCCCCCCCCCCCCCCCC(=O)NC(CO)C(O)/C=C/CCCCCCCCCCCCCCCCCCCCCCCCC. The van der Waals surface area contributed by atoms with Gasteiger partial charge in [-0.25, -0.2) is 0 Å². The maximum atomic E-state index is 12.6. The Morgan fingerprint density at radius 2 is 0.586 bits per heavy atom. The standard InChI is InChI=1S/C81H155NO5/c1-3-5-7-9-11-13-15-17-19-20-21-22-23-31-34-37-40-43-46-49-53-57-61-65-69-73-79(84)78(77-83)82-80(85)74-70-66-62-58-54-50-47-44-41-38-35-32-29-27-25-24-26-28-30-33-36-39-42-45-48-52-56-60-64-68-72-76-87-81(86)75-71-67-63-59-55-51-18-16-14-12-10-8-6-4-2/h10,12,16,18,69,73,78-79,83-84H,3-9,11,13-15,17,19-68,70-72,74-77H2,1-2H3,(H,82,85)/b12-10-,18-16-,73-69+. The molecule has 0 rings (SSSR count). The largest absolute Gasteiger partial charge is 0.466 e. The smallest absolute Gasteiger partial charge is 0.305 e. The van der Waals surface area contributed by atoms with Crippen LogP contribution >= 0.6 is 0 Å². The minimum absolute atomic E-state index is 0.00639. The fraction of sp³-hybridized carbons (Fsp3) is 0.901. The number of nitrogens with one attached hydrogen (secondary N) is 1. The monoisotopic (exact) mass is 1220 g/mol. The van der Waals surface area contributed by atoms with Crippen LogP contribution in [0, 0.1) is 0 Å². The molecule has 0 radical (unpaired) electrons. The molecule has 6 nitrogen and oxygen atoms in total. The molecule has 0 aliphatic carbocycles. The molecule has 0 aromatic carbocycles. The van der Waals surface area contributed by atoms with E-state index in [4.69, 9.17) is 4.74 Å². The van der Waals surface area contributed by atoms with E-state index in [1.807, 2.05) is 6.08 Å². The fourth-order valence-electron chi connectivity index (χ4n) is 12.6. The Morgan fingerprint density at radius 3 is 0.908 bits per heavy atom. The molecule has 6 heteroatoms. The van der Waals surface area contributed by atoms with Crippen LogP contribution in [0.5, 0.6) is 0 Å². The summed E-state index contributed by atoms with van der Waals surface area (Å²) in [6, 6.07) is -0.626. The number of ether oxygens (including phenoxy) is 1. The molecule has 0 fully saturated rings. The van der Waals surface area contributed by atoms with E-state index in [1.165, 1.54) is 366 Å². The van der Waals surface area contributed by atoms with Crippen molar-refractivity contribution in [3.8, 4) is 0 Å². The average Bonchev–Trinajstić information content (AvgIpc) is 3.52. The number of hydrogen-bond acceptors (Lipinski definition) is 5. The molecule has 1 amide bonds. The molecule has 0 aliphatic heterocycles. The summed E-state index contributed by atoms with van der Waals surface area (Å²) in [6.45, 7) is 4.91. The molecule has 0 aromatic heterocycles. The van der Waals surface area contributed by atoms with E-state index in [1.54, 1.807) is 6.08 Å². The number of carbonyl (C=O) groups is 2. The van der Waals surface area contributed by atoms with Crippen LogP contribution in [0.15, 0.2) is 36.5 Å². The summed E-state index contributed by atoms with van der Waals surface area (Å²) < 4.78 is 5.49. The quantitative estimate of drug-likeness (QED) is 0.0320. The van der Waals surface area contributed by atoms with Crippen molar-refractivity contribution in [3.63, 3.8) is 0 Å². The van der Waals surface area contributed by atoms with E-state index in [-0.39, 0.29) is 18.5 Å². The van der Waals surface area contributed by atoms with Crippen molar-refractivity contribution in [1.29, 1.82) is 0 Å². The molecule has 514 valence electrons. The molecular weight excluding hydrogens is 1070 g/mol.